The molecule has 2 aromatic rings. The number of para-hydroxylation sites is 2. The van der Waals surface area contributed by atoms with Gasteiger partial charge in [0.2, 0.25) is 11.8 Å². The van der Waals surface area contributed by atoms with Crippen molar-refractivity contribution in [3.05, 3.63) is 40.7 Å². The number of ether oxygens (including phenoxy) is 1. The smallest absolute Gasteiger partial charge is 0.258 e. The van der Waals surface area contributed by atoms with Crippen molar-refractivity contribution in [1.29, 1.82) is 0 Å². The fourth-order valence-corrected chi connectivity index (χ4v) is 3.99. The number of carbonyl (C=O) groups excluding carboxylic acids is 1. The standard InChI is InChI=1S/C18H21N3O4S/c1-25-14-9-5-4-8-13(14)19-16(23)11-26-18-20-15(22)10-17(24)21(18)12-6-2-3-7-12/h4-5,8-10,12,22H,2-3,6-7,11H2,1H3,(H,19,23). The summed E-state index contributed by atoms with van der Waals surface area (Å²) in [6.07, 6.45) is 3.95. The van der Waals surface area contributed by atoms with E-state index in [0.29, 0.717) is 16.6 Å². The molecule has 7 nitrogen and oxygen atoms in total. The molecule has 8 heteroatoms. The molecule has 1 aromatic heterocycles. The fourth-order valence-electron chi connectivity index (χ4n) is 3.12. The first-order chi connectivity index (χ1) is 12.6. The van der Waals surface area contributed by atoms with Crippen molar-refractivity contribution in [3.8, 4) is 11.6 Å². The van der Waals surface area contributed by atoms with E-state index in [1.807, 2.05) is 6.07 Å². The normalized spacial score (nSPS) is 14.3. The minimum Gasteiger partial charge on any atom is -0.495 e. The Kier molecular flexibility index (Phi) is 5.82. The van der Waals surface area contributed by atoms with E-state index >= 15 is 0 Å². The van der Waals surface area contributed by atoms with Crippen molar-refractivity contribution in [1.82, 2.24) is 9.55 Å². The third kappa shape index (κ3) is 4.19. The molecule has 3 rings (SSSR count). The predicted octanol–water partition coefficient (Wildman–Crippen LogP) is 2.80. The maximum absolute atomic E-state index is 12.3. The van der Waals surface area contributed by atoms with Gasteiger partial charge in [-0.3, -0.25) is 14.2 Å². The lowest BCUT2D eigenvalue weighted by molar-refractivity contribution is -0.113. The molecule has 0 bridgehead atoms. The van der Waals surface area contributed by atoms with E-state index in [2.05, 4.69) is 10.3 Å². The molecule has 1 aromatic carbocycles. The second kappa shape index (κ2) is 8.27. The number of aromatic nitrogens is 2. The highest BCUT2D eigenvalue weighted by Crippen LogP contribution is 2.32. The molecular formula is C18H21N3O4S. The SMILES string of the molecule is COc1ccccc1NC(=O)CSc1nc(O)cc(=O)n1C1CCCC1. The van der Waals surface area contributed by atoms with E-state index in [1.54, 1.807) is 22.8 Å². The largest absolute Gasteiger partial charge is 0.495 e. The van der Waals surface area contributed by atoms with Gasteiger partial charge in [0.15, 0.2) is 5.16 Å². The van der Waals surface area contributed by atoms with Crippen LogP contribution in [0, 0.1) is 0 Å². The monoisotopic (exact) mass is 375 g/mol. The number of rotatable bonds is 6. The summed E-state index contributed by atoms with van der Waals surface area (Å²) >= 11 is 1.14. The van der Waals surface area contributed by atoms with Crippen molar-refractivity contribution in [2.24, 2.45) is 0 Å². The average molecular weight is 375 g/mol. The van der Waals surface area contributed by atoms with Crippen LogP contribution in [-0.2, 0) is 4.79 Å². The number of hydrogen-bond donors (Lipinski definition) is 2. The predicted molar refractivity (Wildman–Crippen MR) is 100 cm³/mol. The zero-order valence-corrected chi connectivity index (χ0v) is 15.3. The second-order valence-electron chi connectivity index (χ2n) is 6.08. The van der Waals surface area contributed by atoms with E-state index in [9.17, 15) is 14.7 Å². The summed E-state index contributed by atoms with van der Waals surface area (Å²) in [6, 6.07) is 8.34. The molecule has 0 aliphatic heterocycles. The van der Waals surface area contributed by atoms with Gasteiger partial charge in [-0.25, -0.2) is 0 Å². The van der Waals surface area contributed by atoms with Gasteiger partial charge in [-0.1, -0.05) is 36.7 Å². The van der Waals surface area contributed by atoms with Crippen molar-refractivity contribution in [2.45, 2.75) is 36.9 Å². The van der Waals surface area contributed by atoms with Gasteiger partial charge in [-0.15, -0.1) is 0 Å². The van der Waals surface area contributed by atoms with E-state index in [-0.39, 0.29) is 29.1 Å². The molecule has 1 aliphatic rings. The van der Waals surface area contributed by atoms with Crippen molar-refractivity contribution in [2.75, 3.05) is 18.2 Å². The number of benzene rings is 1. The number of hydrogen-bond acceptors (Lipinski definition) is 6. The molecule has 0 atom stereocenters. The molecule has 1 amide bonds. The lowest BCUT2D eigenvalue weighted by Gasteiger charge is -2.17. The van der Waals surface area contributed by atoms with E-state index in [1.165, 1.54) is 7.11 Å². The Hall–Kier alpha value is -2.48. The van der Waals surface area contributed by atoms with E-state index in [4.69, 9.17) is 4.74 Å². The number of methoxy groups -OCH3 is 1. The lowest BCUT2D eigenvalue weighted by atomic mass is 10.2. The van der Waals surface area contributed by atoms with Gasteiger partial charge in [-0.2, -0.15) is 4.98 Å². The summed E-state index contributed by atoms with van der Waals surface area (Å²) in [5.74, 6) is 0.0804. The minimum absolute atomic E-state index is 0.0701. The van der Waals surface area contributed by atoms with Crippen molar-refractivity contribution in [3.63, 3.8) is 0 Å². The fraction of sp³-hybridized carbons (Fsp3) is 0.389. The molecule has 1 saturated carbocycles. The van der Waals surface area contributed by atoms with E-state index in [0.717, 1.165) is 43.5 Å². The Morgan fingerprint density at radius 3 is 2.85 bits per heavy atom. The molecule has 0 spiro atoms. The Morgan fingerprint density at radius 2 is 2.12 bits per heavy atom. The average Bonchev–Trinajstić information content (AvgIpc) is 3.14. The zero-order chi connectivity index (χ0) is 18.5. The lowest BCUT2D eigenvalue weighted by Crippen LogP contribution is -2.26. The minimum atomic E-state index is -0.322. The van der Waals surface area contributed by atoms with Crippen LogP contribution in [0.15, 0.2) is 40.3 Å². The van der Waals surface area contributed by atoms with Gasteiger partial charge in [0, 0.05) is 6.04 Å². The highest BCUT2D eigenvalue weighted by Gasteiger charge is 2.22. The quantitative estimate of drug-likeness (QED) is 0.596. The maximum atomic E-state index is 12.3. The van der Waals surface area contributed by atoms with Gasteiger partial charge in [0.25, 0.3) is 5.56 Å². The summed E-state index contributed by atoms with van der Waals surface area (Å²) in [4.78, 5) is 28.7. The molecule has 0 unspecified atom stereocenters. The summed E-state index contributed by atoms with van der Waals surface area (Å²) < 4.78 is 6.82. The molecule has 26 heavy (non-hydrogen) atoms. The highest BCUT2D eigenvalue weighted by molar-refractivity contribution is 7.99. The van der Waals surface area contributed by atoms with Gasteiger partial charge in [-0.05, 0) is 25.0 Å². The number of amides is 1. The maximum Gasteiger partial charge on any atom is 0.258 e. The number of aromatic hydroxyl groups is 1. The zero-order valence-electron chi connectivity index (χ0n) is 14.5. The third-order valence-electron chi connectivity index (χ3n) is 4.31. The first-order valence-electron chi connectivity index (χ1n) is 8.46. The van der Waals surface area contributed by atoms with E-state index < -0.39 is 0 Å². The molecular weight excluding hydrogens is 354 g/mol. The first-order valence-corrected chi connectivity index (χ1v) is 9.45. The Labute approximate surface area is 155 Å². The Morgan fingerprint density at radius 1 is 1.38 bits per heavy atom. The van der Waals surface area contributed by atoms with Gasteiger partial charge >= 0.3 is 0 Å². The molecule has 138 valence electrons. The number of anilines is 1. The number of nitrogens with one attached hydrogen (secondary N) is 1. The highest BCUT2D eigenvalue weighted by atomic mass is 32.2. The molecule has 1 aliphatic carbocycles. The van der Waals surface area contributed by atoms with Crippen LogP contribution in [0.3, 0.4) is 0 Å². The Balaban J connectivity index is 1.73. The van der Waals surface area contributed by atoms with Gasteiger partial charge in [0.1, 0.15) is 5.75 Å². The van der Waals surface area contributed by atoms with Crippen molar-refractivity contribution >= 4 is 23.4 Å². The molecule has 0 saturated heterocycles. The van der Waals surface area contributed by atoms with Crippen LogP contribution in [0.5, 0.6) is 11.6 Å². The van der Waals surface area contributed by atoms with Crippen LogP contribution >= 0.6 is 11.8 Å². The van der Waals surface area contributed by atoms with Crippen LogP contribution in [0.1, 0.15) is 31.7 Å². The topological polar surface area (TPSA) is 93.5 Å². The van der Waals surface area contributed by atoms with Crippen LogP contribution in [0.25, 0.3) is 0 Å². The van der Waals surface area contributed by atoms with Crippen LogP contribution in [-0.4, -0.2) is 33.4 Å². The number of nitrogens with zero attached hydrogens (tertiary/aromatic N) is 2. The number of carbonyl (C=O) groups is 1. The molecule has 1 fully saturated rings. The molecule has 2 N–H and O–H groups in total. The summed E-state index contributed by atoms with van der Waals surface area (Å²) in [5.41, 5.74) is 0.301. The van der Waals surface area contributed by atoms with Gasteiger partial charge in [0.05, 0.1) is 24.6 Å². The summed E-state index contributed by atoms with van der Waals surface area (Å²) in [5, 5.41) is 12.8. The van der Waals surface area contributed by atoms with Crippen molar-refractivity contribution < 1.29 is 14.6 Å². The Bertz CT molecular complexity index is 847. The second-order valence-corrected chi connectivity index (χ2v) is 7.02. The first kappa shape index (κ1) is 18.3. The molecule has 1 heterocycles. The van der Waals surface area contributed by atoms with Crippen LogP contribution in [0.4, 0.5) is 5.69 Å². The summed E-state index contributed by atoms with van der Waals surface area (Å²) in [6.45, 7) is 0. The van der Waals surface area contributed by atoms with Gasteiger partial charge < -0.3 is 15.2 Å². The number of thioether (sulfide) groups is 1. The third-order valence-corrected chi connectivity index (χ3v) is 5.26. The molecule has 0 radical (unpaired) electrons. The summed E-state index contributed by atoms with van der Waals surface area (Å²) in [7, 11) is 1.54. The van der Waals surface area contributed by atoms with Crippen LogP contribution in [0.2, 0.25) is 0 Å². The van der Waals surface area contributed by atoms with Crippen LogP contribution < -0.4 is 15.6 Å².